The average molecular weight is 210 g/mol. The van der Waals surface area contributed by atoms with Crippen molar-refractivity contribution in [2.45, 2.75) is 32.6 Å². The Hall–Kier alpha value is -1.03. The van der Waals surface area contributed by atoms with E-state index in [0.717, 1.165) is 0 Å². The van der Waals surface area contributed by atoms with E-state index in [4.69, 9.17) is 0 Å². The molecule has 0 heterocycles. The van der Waals surface area contributed by atoms with Crippen molar-refractivity contribution in [3.63, 3.8) is 0 Å². The molecule has 0 aromatic heterocycles. The van der Waals surface area contributed by atoms with Crippen molar-refractivity contribution in [2.24, 2.45) is 10.8 Å². The highest BCUT2D eigenvalue weighted by Gasteiger charge is 2.63. The molecule has 0 aromatic carbocycles. The number of aliphatic hydroxyl groups excluding tert-OH is 1. The Morgan fingerprint density at radius 3 is 1.73 bits per heavy atom. The maximum absolute atomic E-state index is 11.8. The zero-order chi connectivity index (χ0) is 11.3. The van der Waals surface area contributed by atoms with E-state index in [1.165, 1.54) is 0 Å². The molecule has 0 spiro atoms. The fraction of sp³-hybridized carbons (Fsp3) is 0.727. The van der Waals surface area contributed by atoms with Crippen molar-refractivity contribution in [3.05, 3.63) is 0 Å². The number of Topliss-reactive ketones (excluding diaryl/α,β-unsaturated/α-hetero) is 3. The molecule has 3 aliphatic carbocycles. The van der Waals surface area contributed by atoms with Gasteiger partial charge >= 0.3 is 0 Å². The fourth-order valence-electron chi connectivity index (χ4n) is 2.89. The lowest BCUT2D eigenvalue weighted by atomic mass is 9.51. The van der Waals surface area contributed by atoms with Crippen LogP contribution in [0.1, 0.15) is 32.6 Å². The molecule has 0 radical (unpaired) electrons. The van der Waals surface area contributed by atoms with Crippen LogP contribution in [0.25, 0.3) is 0 Å². The van der Waals surface area contributed by atoms with Gasteiger partial charge in [-0.1, -0.05) is 6.92 Å². The Morgan fingerprint density at radius 1 is 1.07 bits per heavy atom. The molecule has 4 heteroatoms. The first kappa shape index (κ1) is 10.5. The van der Waals surface area contributed by atoms with E-state index in [1.54, 1.807) is 6.92 Å². The molecule has 0 unspecified atom stereocenters. The van der Waals surface area contributed by atoms with Crippen LogP contribution >= 0.6 is 0 Å². The second-order valence-corrected chi connectivity index (χ2v) is 4.72. The molecular weight excluding hydrogens is 196 g/mol. The first-order valence-electron chi connectivity index (χ1n) is 5.21. The highest BCUT2D eigenvalue weighted by Crippen LogP contribution is 2.51. The molecule has 0 aromatic rings. The molecule has 3 rings (SSSR count). The van der Waals surface area contributed by atoms with Gasteiger partial charge in [0.25, 0.3) is 0 Å². The second kappa shape index (κ2) is 2.98. The minimum Gasteiger partial charge on any atom is -0.396 e. The Kier molecular flexibility index (Phi) is 2.08. The van der Waals surface area contributed by atoms with Gasteiger partial charge in [-0.25, -0.2) is 0 Å². The van der Waals surface area contributed by atoms with Crippen molar-refractivity contribution in [2.75, 3.05) is 6.61 Å². The number of fused-ring (bicyclic) bond motifs is 3. The van der Waals surface area contributed by atoms with Crippen molar-refractivity contribution >= 4 is 17.3 Å². The van der Waals surface area contributed by atoms with Crippen LogP contribution in [0, 0.1) is 10.8 Å². The first-order chi connectivity index (χ1) is 7.00. The molecule has 0 saturated heterocycles. The molecule has 0 atom stereocenters. The SMILES string of the molecule is CCC12C(=O)CC(CO)(CC1=O)CC2=O. The third-order valence-corrected chi connectivity index (χ3v) is 3.90. The number of ketones is 3. The van der Waals surface area contributed by atoms with Crippen LogP contribution < -0.4 is 0 Å². The molecule has 1 N–H and O–H groups in total. The van der Waals surface area contributed by atoms with Crippen molar-refractivity contribution in [1.29, 1.82) is 0 Å². The van der Waals surface area contributed by atoms with Gasteiger partial charge in [-0.15, -0.1) is 0 Å². The summed E-state index contributed by atoms with van der Waals surface area (Å²) in [5.74, 6) is -0.857. The highest BCUT2D eigenvalue weighted by molar-refractivity contribution is 6.28. The predicted octanol–water partition coefficient (Wildman–Crippen LogP) is 0.266. The van der Waals surface area contributed by atoms with Crippen LogP contribution in [0.3, 0.4) is 0 Å². The van der Waals surface area contributed by atoms with Gasteiger partial charge in [-0.2, -0.15) is 0 Å². The number of hydrogen-bond acceptors (Lipinski definition) is 4. The van der Waals surface area contributed by atoms with E-state index in [0.29, 0.717) is 0 Å². The molecule has 82 valence electrons. The minimum atomic E-state index is -1.35. The smallest absolute Gasteiger partial charge is 0.154 e. The van der Waals surface area contributed by atoms with Gasteiger partial charge < -0.3 is 5.11 Å². The molecule has 3 fully saturated rings. The third kappa shape index (κ3) is 1.08. The maximum atomic E-state index is 11.8. The molecule has 4 nitrogen and oxygen atoms in total. The van der Waals surface area contributed by atoms with Crippen LogP contribution in [0.2, 0.25) is 0 Å². The summed E-state index contributed by atoms with van der Waals surface area (Å²) in [6.45, 7) is 1.45. The zero-order valence-corrected chi connectivity index (χ0v) is 8.71. The Labute approximate surface area is 87.7 Å². The normalized spacial score (nSPS) is 40.0. The van der Waals surface area contributed by atoms with Crippen molar-refractivity contribution < 1.29 is 19.5 Å². The van der Waals surface area contributed by atoms with Crippen LogP contribution in [-0.2, 0) is 14.4 Å². The van der Waals surface area contributed by atoms with E-state index in [-0.39, 0.29) is 49.6 Å². The number of hydrogen-bond donors (Lipinski definition) is 1. The van der Waals surface area contributed by atoms with Gasteiger partial charge in [0.15, 0.2) is 17.3 Å². The summed E-state index contributed by atoms with van der Waals surface area (Å²) in [6, 6.07) is 0. The number of carbonyl (C=O) groups is 3. The van der Waals surface area contributed by atoms with Crippen LogP contribution in [0.5, 0.6) is 0 Å². The number of aliphatic hydroxyl groups is 1. The summed E-state index contributed by atoms with van der Waals surface area (Å²) in [7, 11) is 0. The van der Waals surface area contributed by atoms with Crippen molar-refractivity contribution in [3.8, 4) is 0 Å². The number of carbonyl (C=O) groups excluding carboxylic acids is 3. The molecule has 3 saturated carbocycles. The van der Waals surface area contributed by atoms with E-state index < -0.39 is 10.8 Å². The summed E-state index contributed by atoms with van der Waals surface area (Å²) >= 11 is 0. The second-order valence-electron chi connectivity index (χ2n) is 4.72. The molecule has 0 aliphatic heterocycles. The zero-order valence-electron chi connectivity index (χ0n) is 8.71. The van der Waals surface area contributed by atoms with Crippen LogP contribution in [0.15, 0.2) is 0 Å². The van der Waals surface area contributed by atoms with Gasteiger partial charge in [-0.05, 0) is 6.42 Å². The summed E-state index contributed by atoms with van der Waals surface area (Å²) in [6.07, 6.45) is 0.795. The van der Waals surface area contributed by atoms with Gasteiger partial charge in [0, 0.05) is 31.3 Å². The van der Waals surface area contributed by atoms with Gasteiger partial charge in [0.2, 0.25) is 0 Å². The topological polar surface area (TPSA) is 71.4 Å². The lowest BCUT2D eigenvalue weighted by Gasteiger charge is -2.48. The fourth-order valence-corrected chi connectivity index (χ4v) is 2.89. The third-order valence-electron chi connectivity index (χ3n) is 3.90. The van der Waals surface area contributed by atoms with E-state index >= 15 is 0 Å². The van der Waals surface area contributed by atoms with Gasteiger partial charge in [-0.3, -0.25) is 14.4 Å². The molecule has 0 amide bonds. The highest BCUT2D eigenvalue weighted by atomic mass is 16.3. The summed E-state index contributed by atoms with van der Waals surface area (Å²) in [4.78, 5) is 35.5. The number of rotatable bonds is 2. The van der Waals surface area contributed by atoms with Crippen LogP contribution in [0.4, 0.5) is 0 Å². The lowest BCUT2D eigenvalue weighted by molar-refractivity contribution is -0.166. The average Bonchev–Trinajstić information content (AvgIpc) is 2.17. The van der Waals surface area contributed by atoms with Crippen LogP contribution in [-0.4, -0.2) is 29.1 Å². The van der Waals surface area contributed by atoms with E-state index in [9.17, 15) is 19.5 Å². The maximum Gasteiger partial charge on any atom is 0.154 e. The lowest BCUT2D eigenvalue weighted by Crippen LogP contribution is -2.61. The van der Waals surface area contributed by atoms with E-state index in [1.807, 2.05) is 0 Å². The van der Waals surface area contributed by atoms with E-state index in [2.05, 4.69) is 0 Å². The molecule has 15 heavy (non-hydrogen) atoms. The molecular formula is C11H14O4. The quantitative estimate of drug-likeness (QED) is 0.664. The summed E-state index contributed by atoms with van der Waals surface area (Å²) < 4.78 is 0. The molecule has 3 aliphatic rings. The van der Waals surface area contributed by atoms with Gasteiger partial charge in [0.1, 0.15) is 5.41 Å². The monoisotopic (exact) mass is 210 g/mol. The largest absolute Gasteiger partial charge is 0.396 e. The van der Waals surface area contributed by atoms with Gasteiger partial charge in [0.05, 0.1) is 0 Å². The Morgan fingerprint density at radius 2 is 1.47 bits per heavy atom. The summed E-state index contributed by atoms with van der Waals surface area (Å²) in [5, 5.41) is 9.22. The minimum absolute atomic E-state index is 0.175. The predicted molar refractivity (Wildman–Crippen MR) is 51.1 cm³/mol. The Balaban J connectivity index is 2.50. The molecule has 2 bridgehead atoms. The first-order valence-corrected chi connectivity index (χ1v) is 5.21. The summed E-state index contributed by atoms with van der Waals surface area (Å²) in [5.41, 5.74) is -2.13. The van der Waals surface area contributed by atoms with Crippen molar-refractivity contribution in [1.82, 2.24) is 0 Å². The Bertz CT molecular complexity index is 307. The standard InChI is InChI=1S/C11H14O4/c1-2-11-7(13)3-10(6-12,4-8(11)14)5-9(11)15/h12H,2-6H2,1H3.